The molecule has 1 atom stereocenters. The predicted molar refractivity (Wildman–Crippen MR) is 76.5 cm³/mol. The van der Waals surface area contributed by atoms with Crippen LogP contribution in [0.3, 0.4) is 0 Å². The largest absolute Gasteiger partial charge is 0.492 e. The maximum absolute atomic E-state index is 5.65. The molecule has 0 radical (unpaired) electrons. The van der Waals surface area contributed by atoms with Gasteiger partial charge >= 0.3 is 0 Å². The normalized spacial score (nSPS) is 12.2. The molecule has 19 heavy (non-hydrogen) atoms. The van der Waals surface area contributed by atoms with Crippen molar-refractivity contribution >= 4 is 15.9 Å². The molecule has 0 aliphatic heterocycles. The number of nitrogens with one attached hydrogen (secondary N) is 1. The first-order chi connectivity index (χ1) is 9.24. The van der Waals surface area contributed by atoms with Crippen LogP contribution in [0, 0.1) is 0 Å². The fourth-order valence-electron chi connectivity index (χ4n) is 1.81. The third kappa shape index (κ3) is 3.50. The Labute approximate surface area is 120 Å². The summed E-state index contributed by atoms with van der Waals surface area (Å²) in [5.41, 5.74) is 4.65. The molecule has 0 fully saturated rings. The first kappa shape index (κ1) is 13.9. The SMILES string of the molecule is CCOc1cncc(C(NN)c2cncc(Br)c2)c1. The molecule has 0 aliphatic carbocycles. The van der Waals surface area contributed by atoms with E-state index in [1.54, 1.807) is 24.8 Å². The van der Waals surface area contributed by atoms with Crippen LogP contribution < -0.4 is 16.0 Å². The molecule has 1 unspecified atom stereocenters. The van der Waals surface area contributed by atoms with Gasteiger partial charge in [0.05, 0.1) is 18.8 Å². The smallest absolute Gasteiger partial charge is 0.137 e. The summed E-state index contributed by atoms with van der Waals surface area (Å²) in [6.45, 7) is 2.54. The van der Waals surface area contributed by atoms with E-state index >= 15 is 0 Å². The maximum Gasteiger partial charge on any atom is 0.137 e. The molecule has 0 aromatic carbocycles. The molecule has 2 rings (SSSR count). The topological polar surface area (TPSA) is 73.1 Å². The lowest BCUT2D eigenvalue weighted by Gasteiger charge is -2.17. The van der Waals surface area contributed by atoms with Gasteiger partial charge in [0.25, 0.3) is 0 Å². The van der Waals surface area contributed by atoms with Gasteiger partial charge in [0.2, 0.25) is 0 Å². The maximum atomic E-state index is 5.65. The summed E-state index contributed by atoms with van der Waals surface area (Å²) < 4.78 is 6.35. The summed E-state index contributed by atoms with van der Waals surface area (Å²) in [5, 5.41) is 0. The van der Waals surface area contributed by atoms with Crippen molar-refractivity contribution in [3.05, 3.63) is 52.5 Å². The summed E-state index contributed by atoms with van der Waals surface area (Å²) in [6, 6.07) is 3.70. The van der Waals surface area contributed by atoms with Gasteiger partial charge in [0, 0.05) is 23.1 Å². The van der Waals surface area contributed by atoms with Gasteiger partial charge in [-0.15, -0.1) is 0 Å². The van der Waals surface area contributed by atoms with Gasteiger partial charge in [0.1, 0.15) is 5.75 Å². The van der Waals surface area contributed by atoms with Crippen LogP contribution in [0.25, 0.3) is 0 Å². The molecule has 0 bridgehead atoms. The Balaban J connectivity index is 2.33. The minimum Gasteiger partial charge on any atom is -0.492 e. The zero-order chi connectivity index (χ0) is 13.7. The first-order valence-corrected chi connectivity index (χ1v) is 6.68. The van der Waals surface area contributed by atoms with Gasteiger partial charge in [-0.1, -0.05) is 0 Å². The first-order valence-electron chi connectivity index (χ1n) is 5.89. The number of hydrazine groups is 1. The van der Waals surface area contributed by atoms with Gasteiger partial charge in [-0.2, -0.15) is 0 Å². The van der Waals surface area contributed by atoms with E-state index < -0.39 is 0 Å². The molecule has 6 heteroatoms. The Morgan fingerprint density at radius 1 is 1.21 bits per heavy atom. The van der Waals surface area contributed by atoms with E-state index in [1.807, 2.05) is 19.1 Å². The van der Waals surface area contributed by atoms with Crippen LogP contribution in [-0.4, -0.2) is 16.6 Å². The monoisotopic (exact) mass is 322 g/mol. The Hall–Kier alpha value is -1.50. The summed E-state index contributed by atoms with van der Waals surface area (Å²) in [4.78, 5) is 8.31. The fraction of sp³-hybridized carbons (Fsp3) is 0.231. The minimum atomic E-state index is -0.182. The van der Waals surface area contributed by atoms with Gasteiger partial charge in [0.15, 0.2) is 0 Å². The second kappa shape index (κ2) is 6.60. The lowest BCUT2D eigenvalue weighted by Crippen LogP contribution is -2.29. The van der Waals surface area contributed by atoms with Crippen LogP contribution >= 0.6 is 15.9 Å². The zero-order valence-electron chi connectivity index (χ0n) is 10.5. The number of hydrogen-bond donors (Lipinski definition) is 2. The standard InChI is InChI=1S/C13H15BrN4O/c1-2-19-12-4-10(6-17-8-12)13(18-15)9-3-11(14)7-16-5-9/h3-8,13,18H,2,15H2,1H3. The molecular formula is C13H15BrN4O. The number of nitrogens with two attached hydrogens (primary N) is 1. The van der Waals surface area contributed by atoms with E-state index in [4.69, 9.17) is 10.6 Å². The highest BCUT2D eigenvalue weighted by atomic mass is 79.9. The Morgan fingerprint density at radius 2 is 1.89 bits per heavy atom. The van der Waals surface area contributed by atoms with Gasteiger partial charge in [-0.25, -0.2) is 5.43 Å². The molecule has 0 aliphatic rings. The lowest BCUT2D eigenvalue weighted by atomic mass is 10.0. The third-order valence-electron chi connectivity index (χ3n) is 2.60. The molecule has 100 valence electrons. The summed E-state index contributed by atoms with van der Waals surface area (Å²) in [6.07, 6.45) is 6.93. The van der Waals surface area contributed by atoms with Crippen molar-refractivity contribution in [3.8, 4) is 5.75 Å². The van der Waals surface area contributed by atoms with Crippen molar-refractivity contribution in [2.45, 2.75) is 13.0 Å². The van der Waals surface area contributed by atoms with Crippen molar-refractivity contribution in [2.24, 2.45) is 5.84 Å². The number of aromatic nitrogens is 2. The number of pyridine rings is 2. The van der Waals surface area contributed by atoms with Gasteiger partial charge in [-0.05, 0) is 46.1 Å². The Kier molecular flexibility index (Phi) is 4.84. The Bertz CT molecular complexity index is 550. The van der Waals surface area contributed by atoms with Crippen LogP contribution in [0.2, 0.25) is 0 Å². The predicted octanol–water partition coefficient (Wildman–Crippen LogP) is 2.19. The summed E-state index contributed by atoms with van der Waals surface area (Å²) in [5.74, 6) is 6.37. The molecule has 2 aromatic heterocycles. The summed E-state index contributed by atoms with van der Waals surface area (Å²) in [7, 11) is 0. The van der Waals surface area contributed by atoms with E-state index in [0.717, 1.165) is 21.3 Å². The number of ether oxygens (including phenoxy) is 1. The average molecular weight is 323 g/mol. The van der Waals surface area contributed by atoms with Crippen molar-refractivity contribution in [3.63, 3.8) is 0 Å². The van der Waals surface area contributed by atoms with Gasteiger partial charge in [-0.3, -0.25) is 15.8 Å². The quantitative estimate of drug-likeness (QED) is 0.652. The Morgan fingerprint density at radius 3 is 2.53 bits per heavy atom. The minimum absolute atomic E-state index is 0.182. The van der Waals surface area contributed by atoms with Gasteiger partial charge < -0.3 is 4.74 Å². The molecule has 5 nitrogen and oxygen atoms in total. The highest BCUT2D eigenvalue weighted by Gasteiger charge is 2.14. The van der Waals surface area contributed by atoms with Crippen LogP contribution in [0.5, 0.6) is 5.75 Å². The van der Waals surface area contributed by atoms with E-state index in [2.05, 4.69) is 31.3 Å². The molecule has 0 amide bonds. The zero-order valence-corrected chi connectivity index (χ0v) is 12.1. The molecule has 0 spiro atoms. The van der Waals surface area contributed by atoms with Crippen LogP contribution in [0.4, 0.5) is 0 Å². The van der Waals surface area contributed by atoms with Crippen LogP contribution in [-0.2, 0) is 0 Å². The van der Waals surface area contributed by atoms with Crippen LogP contribution in [0.1, 0.15) is 24.1 Å². The van der Waals surface area contributed by atoms with E-state index in [-0.39, 0.29) is 6.04 Å². The number of nitrogens with zero attached hydrogens (tertiary/aromatic N) is 2. The second-order valence-electron chi connectivity index (χ2n) is 3.92. The number of rotatable bonds is 5. The third-order valence-corrected chi connectivity index (χ3v) is 3.04. The highest BCUT2D eigenvalue weighted by Crippen LogP contribution is 2.24. The van der Waals surface area contributed by atoms with Crippen molar-refractivity contribution in [1.29, 1.82) is 0 Å². The number of hydrogen-bond acceptors (Lipinski definition) is 5. The molecule has 0 saturated heterocycles. The molecular weight excluding hydrogens is 308 g/mol. The highest BCUT2D eigenvalue weighted by molar-refractivity contribution is 9.10. The lowest BCUT2D eigenvalue weighted by molar-refractivity contribution is 0.338. The van der Waals surface area contributed by atoms with Crippen molar-refractivity contribution in [1.82, 2.24) is 15.4 Å². The fourth-order valence-corrected chi connectivity index (χ4v) is 2.19. The number of halogens is 1. The molecule has 3 N–H and O–H groups in total. The summed E-state index contributed by atoms with van der Waals surface area (Å²) >= 11 is 3.40. The van der Waals surface area contributed by atoms with Crippen LogP contribution in [0.15, 0.2) is 41.4 Å². The van der Waals surface area contributed by atoms with E-state index in [1.165, 1.54) is 0 Å². The van der Waals surface area contributed by atoms with Crippen molar-refractivity contribution < 1.29 is 4.74 Å². The average Bonchev–Trinajstić information content (AvgIpc) is 2.41. The van der Waals surface area contributed by atoms with E-state index in [9.17, 15) is 0 Å². The molecule has 0 saturated carbocycles. The second-order valence-corrected chi connectivity index (χ2v) is 4.84. The van der Waals surface area contributed by atoms with E-state index in [0.29, 0.717) is 6.61 Å². The molecule has 2 heterocycles. The van der Waals surface area contributed by atoms with Crippen molar-refractivity contribution in [2.75, 3.05) is 6.61 Å². The molecule has 2 aromatic rings.